The summed E-state index contributed by atoms with van der Waals surface area (Å²) in [6, 6.07) is 7.80. The Kier molecular flexibility index (Phi) is 6.80. The minimum atomic E-state index is -0.741. The van der Waals surface area contributed by atoms with Crippen LogP contribution in [0.4, 0.5) is 5.69 Å². The second-order valence-electron chi connectivity index (χ2n) is 6.44. The van der Waals surface area contributed by atoms with E-state index in [0.717, 1.165) is 11.3 Å². The van der Waals surface area contributed by atoms with Crippen molar-refractivity contribution < 1.29 is 19.0 Å². The number of esters is 1. The Labute approximate surface area is 149 Å². The van der Waals surface area contributed by atoms with Crippen molar-refractivity contribution in [2.75, 3.05) is 38.8 Å². The van der Waals surface area contributed by atoms with E-state index < -0.39 is 5.60 Å². The van der Waals surface area contributed by atoms with E-state index in [4.69, 9.17) is 14.2 Å². The van der Waals surface area contributed by atoms with Crippen LogP contribution in [-0.4, -0.2) is 45.0 Å². The van der Waals surface area contributed by atoms with E-state index in [-0.39, 0.29) is 5.97 Å². The van der Waals surface area contributed by atoms with Crippen molar-refractivity contribution >= 4 is 11.7 Å². The zero-order valence-corrected chi connectivity index (χ0v) is 15.1. The van der Waals surface area contributed by atoms with Crippen LogP contribution in [-0.2, 0) is 14.2 Å². The average molecular weight is 346 g/mol. The largest absolute Gasteiger partial charge is 0.465 e. The molecule has 1 fully saturated rings. The predicted octanol–water partition coefficient (Wildman–Crippen LogP) is 3.10. The molecule has 1 aromatic carbocycles. The van der Waals surface area contributed by atoms with Crippen LogP contribution in [0.2, 0.25) is 0 Å². The van der Waals surface area contributed by atoms with Crippen molar-refractivity contribution in [1.82, 2.24) is 0 Å². The number of nitrogens with zero attached hydrogens (tertiary/aromatic N) is 1. The van der Waals surface area contributed by atoms with Crippen LogP contribution in [0.3, 0.4) is 0 Å². The van der Waals surface area contributed by atoms with Crippen LogP contribution < -0.4 is 5.32 Å². The number of carbonyl (C=O) groups excluding carboxylic acids is 1. The van der Waals surface area contributed by atoms with Crippen LogP contribution in [0.5, 0.6) is 0 Å². The summed E-state index contributed by atoms with van der Waals surface area (Å²) in [6.07, 6.45) is 1.19. The number of anilines is 1. The van der Waals surface area contributed by atoms with E-state index in [1.165, 1.54) is 7.11 Å². The Morgan fingerprint density at radius 3 is 2.72 bits per heavy atom. The van der Waals surface area contributed by atoms with E-state index in [1.807, 2.05) is 6.07 Å². The maximum absolute atomic E-state index is 11.7. The van der Waals surface area contributed by atoms with Gasteiger partial charge in [0, 0.05) is 25.1 Å². The molecule has 6 heteroatoms. The van der Waals surface area contributed by atoms with Crippen LogP contribution in [0.15, 0.2) is 18.2 Å². The van der Waals surface area contributed by atoms with Gasteiger partial charge in [0.25, 0.3) is 0 Å². The molecular formula is C19H26N2O4. The van der Waals surface area contributed by atoms with Crippen molar-refractivity contribution in [3.63, 3.8) is 0 Å². The lowest BCUT2D eigenvalue weighted by molar-refractivity contribution is -0.0724. The quantitative estimate of drug-likeness (QED) is 0.603. The SMILES string of the molecule is COC(=O)c1ccc(C(C)C)c(NCCOC2(C#N)CCOCC2)c1. The highest BCUT2D eigenvalue weighted by Gasteiger charge is 2.33. The monoisotopic (exact) mass is 346 g/mol. The number of ether oxygens (including phenoxy) is 3. The number of hydrogen-bond donors (Lipinski definition) is 1. The molecule has 6 nitrogen and oxygen atoms in total. The van der Waals surface area contributed by atoms with Gasteiger partial charge in [0.15, 0.2) is 5.60 Å². The standard InChI is InChI=1S/C19H26N2O4/c1-14(2)16-5-4-15(18(22)23-3)12-17(16)21-8-11-25-19(13-20)6-9-24-10-7-19/h4-5,12,14,21H,6-11H2,1-3H3. The highest BCUT2D eigenvalue weighted by Crippen LogP contribution is 2.27. The fourth-order valence-corrected chi connectivity index (χ4v) is 2.88. The summed E-state index contributed by atoms with van der Waals surface area (Å²) in [5.74, 6) is -0.0451. The van der Waals surface area contributed by atoms with E-state index in [9.17, 15) is 10.1 Å². The number of hydrogen-bond acceptors (Lipinski definition) is 6. The van der Waals surface area contributed by atoms with E-state index >= 15 is 0 Å². The number of nitrogens with one attached hydrogen (secondary N) is 1. The van der Waals surface area contributed by atoms with Crippen molar-refractivity contribution in [3.05, 3.63) is 29.3 Å². The van der Waals surface area contributed by atoms with Crippen LogP contribution in [0, 0.1) is 11.3 Å². The molecular weight excluding hydrogens is 320 g/mol. The van der Waals surface area contributed by atoms with Gasteiger partial charge in [-0.1, -0.05) is 19.9 Å². The summed E-state index contributed by atoms with van der Waals surface area (Å²) >= 11 is 0. The van der Waals surface area contributed by atoms with Gasteiger partial charge in [-0.05, 0) is 23.6 Å². The Morgan fingerprint density at radius 2 is 2.12 bits per heavy atom. The molecule has 25 heavy (non-hydrogen) atoms. The summed E-state index contributed by atoms with van der Waals surface area (Å²) < 4.78 is 15.9. The lowest BCUT2D eigenvalue weighted by atomic mass is 9.96. The molecule has 0 radical (unpaired) electrons. The molecule has 0 amide bonds. The van der Waals surface area contributed by atoms with E-state index in [1.54, 1.807) is 12.1 Å². The van der Waals surface area contributed by atoms with Gasteiger partial charge >= 0.3 is 5.97 Å². The summed E-state index contributed by atoms with van der Waals surface area (Å²) in [7, 11) is 1.37. The molecule has 1 heterocycles. The van der Waals surface area contributed by atoms with Crippen molar-refractivity contribution in [2.45, 2.75) is 38.2 Å². The Morgan fingerprint density at radius 1 is 1.40 bits per heavy atom. The van der Waals surface area contributed by atoms with Gasteiger partial charge in [-0.2, -0.15) is 5.26 Å². The molecule has 0 saturated carbocycles. The van der Waals surface area contributed by atoms with Gasteiger partial charge in [-0.25, -0.2) is 4.79 Å². The molecule has 0 unspecified atom stereocenters. The third-order valence-electron chi connectivity index (χ3n) is 4.40. The predicted molar refractivity (Wildman–Crippen MR) is 94.7 cm³/mol. The third-order valence-corrected chi connectivity index (χ3v) is 4.40. The van der Waals surface area contributed by atoms with Crippen LogP contribution in [0.1, 0.15) is 48.5 Å². The summed E-state index contributed by atoms with van der Waals surface area (Å²) in [4.78, 5) is 11.7. The Hall–Kier alpha value is -2.10. The molecule has 1 aliphatic heterocycles. The van der Waals surface area contributed by atoms with E-state index in [0.29, 0.717) is 50.7 Å². The van der Waals surface area contributed by atoms with Crippen molar-refractivity contribution in [3.8, 4) is 6.07 Å². The fraction of sp³-hybridized carbons (Fsp3) is 0.579. The maximum Gasteiger partial charge on any atom is 0.337 e. The number of methoxy groups -OCH3 is 1. The smallest absolute Gasteiger partial charge is 0.337 e. The van der Waals surface area contributed by atoms with Gasteiger partial charge in [-0.3, -0.25) is 0 Å². The topological polar surface area (TPSA) is 80.6 Å². The zero-order valence-electron chi connectivity index (χ0n) is 15.1. The zero-order chi connectivity index (χ0) is 18.3. The van der Waals surface area contributed by atoms with Gasteiger partial charge < -0.3 is 19.5 Å². The molecule has 0 aromatic heterocycles. The first kappa shape index (κ1) is 19.2. The van der Waals surface area contributed by atoms with Gasteiger partial charge in [0.2, 0.25) is 0 Å². The molecule has 136 valence electrons. The first-order valence-electron chi connectivity index (χ1n) is 8.60. The number of benzene rings is 1. The maximum atomic E-state index is 11.7. The van der Waals surface area contributed by atoms with Crippen LogP contribution in [0.25, 0.3) is 0 Å². The normalized spacial score (nSPS) is 16.3. The summed E-state index contributed by atoms with van der Waals surface area (Å²) in [5, 5.41) is 12.7. The molecule has 1 saturated heterocycles. The molecule has 2 rings (SSSR count). The molecule has 1 aromatic rings. The van der Waals surface area contributed by atoms with Crippen molar-refractivity contribution in [1.29, 1.82) is 5.26 Å². The van der Waals surface area contributed by atoms with E-state index in [2.05, 4.69) is 25.2 Å². The minimum absolute atomic E-state index is 0.316. The number of rotatable bonds is 7. The Balaban J connectivity index is 1.99. The summed E-state index contributed by atoms with van der Waals surface area (Å²) in [6.45, 7) is 6.27. The number of nitriles is 1. The third kappa shape index (κ3) is 4.94. The second kappa shape index (κ2) is 8.84. The lowest BCUT2D eigenvalue weighted by Crippen LogP contribution is -2.38. The lowest BCUT2D eigenvalue weighted by Gasteiger charge is -2.30. The van der Waals surface area contributed by atoms with Crippen molar-refractivity contribution in [2.24, 2.45) is 0 Å². The highest BCUT2D eigenvalue weighted by atomic mass is 16.5. The minimum Gasteiger partial charge on any atom is -0.465 e. The average Bonchev–Trinajstić information content (AvgIpc) is 2.65. The first-order chi connectivity index (χ1) is 12.0. The second-order valence-corrected chi connectivity index (χ2v) is 6.44. The molecule has 0 atom stereocenters. The molecule has 0 spiro atoms. The first-order valence-corrected chi connectivity index (χ1v) is 8.60. The van der Waals surface area contributed by atoms with Gasteiger partial charge in [0.1, 0.15) is 0 Å². The highest BCUT2D eigenvalue weighted by molar-refractivity contribution is 5.90. The fourth-order valence-electron chi connectivity index (χ4n) is 2.88. The summed E-state index contributed by atoms with van der Waals surface area (Å²) in [5.41, 5.74) is 1.77. The molecule has 1 aliphatic rings. The Bertz CT molecular complexity index is 631. The van der Waals surface area contributed by atoms with Crippen LogP contribution >= 0.6 is 0 Å². The molecule has 1 N–H and O–H groups in total. The van der Waals surface area contributed by atoms with Gasteiger partial charge in [0.05, 0.1) is 38.6 Å². The van der Waals surface area contributed by atoms with Gasteiger partial charge in [-0.15, -0.1) is 0 Å². The number of carbonyl (C=O) groups is 1. The molecule has 0 aliphatic carbocycles. The molecule has 0 bridgehead atoms.